The van der Waals surface area contributed by atoms with E-state index < -0.39 is 42.1 Å². The molecule has 0 aliphatic carbocycles. The first-order chi connectivity index (χ1) is 13.6. The number of carbonyl (C=O) groups excluding carboxylic acids is 3. The van der Waals surface area contributed by atoms with Crippen molar-refractivity contribution in [2.45, 2.75) is 90.4 Å². The third-order valence-corrected chi connectivity index (χ3v) is 4.37. The molecular weight excluding hydrogens is 382 g/mol. The molecule has 1 saturated heterocycles. The fourth-order valence-corrected chi connectivity index (χ4v) is 3.11. The lowest BCUT2D eigenvalue weighted by Crippen LogP contribution is -2.72. The molecule has 0 aromatic heterocycles. The monoisotopic (exact) mass is 415 g/mol. The van der Waals surface area contributed by atoms with E-state index in [2.05, 4.69) is 18.8 Å². The highest BCUT2D eigenvalue weighted by Gasteiger charge is 2.59. The van der Waals surface area contributed by atoms with Gasteiger partial charge in [0, 0.05) is 20.8 Å². The van der Waals surface area contributed by atoms with Crippen LogP contribution in [0.25, 0.3) is 0 Å². The summed E-state index contributed by atoms with van der Waals surface area (Å²) in [6.45, 7) is 9.53. The Labute approximate surface area is 171 Å². The fourth-order valence-electron chi connectivity index (χ4n) is 3.11. The summed E-state index contributed by atoms with van der Waals surface area (Å²) in [7, 11) is 0. The van der Waals surface area contributed by atoms with Gasteiger partial charge in [-0.25, -0.2) is 0 Å². The topological polar surface area (TPSA) is 120 Å². The van der Waals surface area contributed by atoms with Crippen molar-refractivity contribution >= 4 is 17.8 Å². The number of ether oxygens (including phenoxy) is 4. The van der Waals surface area contributed by atoms with Crippen LogP contribution in [0.2, 0.25) is 0 Å². The van der Waals surface area contributed by atoms with Crippen molar-refractivity contribution in [3.8, 4) is 0 Å². The van der Waals surface area contributed by atoms with Gasteiger partial charge in [0.05, 0.1) is 6.61 Å². The highest BCUT2D eigenvalue weighted by Crippen LogP contribution is 2.34. The Morgan fingerprint density at radius 1 is 1.07 bits per heavy atom. The van der Waals surface area contributed by atoms with Gasteiger partial charge in [0.2, 0.25) is 11.6 Å². The standard InChI is InChI=1S/C20H33NO8/c1-6-7-8-9-10-11-12-26-19-20(25,21-14(3)22)18(29-16(5)24)17(13(2)27-19)28-15(4)23/h17-19,25H,2,6-12H2,1,3-5H3,(H,21,22)/t17-,18+,19-,20-/m1/s1. The summed E-state index contributed by atoms with van der Waals surface area (Å²) in [5.41, 5.74) is -2.28. The van der Waals surface area contributed by atoms with Crippen molar-refractivity contribution in [1.82, 2.24) is 5.32 Å². The van der Waals surface area contributed by atoms with Crippen molar-refractivity contribution < 1.29 is 38.4 Å². The van der Waals surface area contributed by atoms with E-state index in [1.54, 1.807) is 0 Å². The molecule has 4 atom stereocenters. The van der Waals surface area contributed by atoms with Crippen molar-refractivity contribution in [2.75, 3.05) is 6.61 Å². The molecule has 29 heavy (non-hydrogen) atoms. The SMILES string of the molecule is C=C1O[C@@H](OCCCCCCCC)[C@@](O)(NC(C)=O)[C@@H](OC(C)=O)[C@@H]1OC(C)=O. The van der Waals surface area contributed by atoms with Crippen LogP contribution in [0.3, 0.4) is 0 Å². The first-order valence-corrected chi connectivity index (χ1v) is 9.94. The Morgan fingerprint density at radius 2 is 1.66 bits per heavy atom. The first-order valence-electron chi connectivity index (χ1n) is 9.94. The molecule has 9 nitrogen and oxygen atoms in total. The normalized spacial score (nSPS) is 26.4. The minimum absolute atomic E-state index is 0.0607. The zero-order valence-corrected chi connectivity index (χ0v) is 17.7. The fraction of sp³-hybridized carbons (Fsp3) is 0.750. The van der Waals surface area contributed by atoms with E-state index >= 15 is 0 Å². The van der Waals surface area contributed by atoms with Crippen molar-refractivity contribution in [3.63, 3.8) is 0 Å². The molecule has 1 fully saturated rings. The lowest BCUT2D eigenvalue weighted by molar-refractivity contribution is -0.307. The number of carbonyl (C=O) groups is 3. The summed E-state index contributed by atoms with van der Waals surface area (Å²) in [5.74, 6) is -2.13. The molecule has 0 unspecified atom stereocenters. The van der Waals surface area contributed by atoms with Gasteiger partial charge in [-0.2, -0.15) is 0 Å². The first kappa shape index (κ1) is 24.9. The molecule has 0 spiro atoms. The number of hydrogen-bond donors (Lipinski definition) is 2. The van der Waals surface area contributed by atoms with Crippen molar-refractivity contribution in [1.29, 1.82) is 0 Å². The van der Waals surface area contributed by atoms with Gasteiger partial charge >= 0.3 is 11.9 Å². The van der Waals surface area contributed by atoms with Gasteiger partial charge < -0.3 is 29.4 Å². The summed E-state index contributed by atoms with van der Waals surface area (Å²) in [6.07, 6.45) is 1.98. The van der Waals surface area contributed by atoms with Gasteiger partial charge in [-0.3, -0.25) is 14.4 Å². The Kier molecular flexibility index (Phi) is 10.1. The van der Waals surface area contributed by atoms with Crippen LogP contribution in [0, 0.1) is 0 Å². The maximum atomic E-state index is 11.7. The number of rotatable bonds is 11. The molecule has 0 saturated carbocycles. The lowest BCUT2D eigenvalue weighted by Gasteiger charge is -2.47. The second-order valence-corrected chi connectivity index (χ2v) is 7.12. The molecule has 1 heterocycles. The van der Waals surface area contributed by atoms with Gasteiger partial charge in [0.1, 0.15) is 5.76 Å². The van der Waals surface area contributed by atoms with Crippen LogP contribution in [0.5, 0.6) is 0 Å². The van der Waals surface area contributed by atoms with Gasteiger partial charge in [-0.15, -0.1) is 0 Å². The molecule has 1 aliphatic heterocycles. The van der Waals surface area contributed by atoms with E-state index in [0.29, 0.717) is 0 Å². The molecule has 1 rings (SSSR count). The van der Waals surface area contributed by atoms with Crippen LogP contribution >= 0.6 is 0 Å². The zero-order valence-electron chi connectivity index (χ0n) is 17.7. The van der Waals surface area contributed by atoms with Crippen LogP contribution in [0.4, 0.5) is 0 Å². The largest absolute Gasteiger partial charge is 0.460 e. The average Bonchev–Trinajstić information content (AvgIpc) is 2.60. The highest BCUT2D eigenvalue weighted by atomic mass is 16.7. The summed E-state index contributed by atoms with van der Waals surface area (Å²) in [6, 6.07) is 0. The van der Waals surface area contributed by atoms with E-state index in [0.717, 1.165) is 46.0 Å². The number of esters is 2. The van der Waals surface area contributed by atoms with Gasteiger partial charge in [0.15, 0.2) is 12.2 Å². The van der Waals surface area contributed by atoms with E-state index in [1.165, 1.54) is 13.3 Å². The smallest absolute Gasteiger partial charge is 0.303 e. The Bertz CT molecular complexity index is 593. The number of aliphatic hydroxyl groups is 1. The number of nitrogens with one attached hydrogen (secondary N) is 1. The maximum absolute atomic E-state index is 11.7. The van der Waals surface area contributed by atoms with E-state index in [4.69, 9.17) is 18.9 Å². The Balaban J connectivity index is 2.95. The highest BCUT2D eigenvalue weighted by molar-refractivity contribution is 5.74. The van der Waals surface area contributed by atoms with Crippen molar-refractivity contribution in [3.05, 3.63) is 12.3 Å². The van der Waals surface area contributed by atoms with Crippen LogP contribution in [-0.4, -0.2) is 53.8 Å². The second kappa shape index (κ2) is 11.8. The van der Waals surface area contributed by atoms with Gasteiger partial charge in [-0.1, -0.05) is 45.6 Å². The molecule has 1 aliphatic rings. The van der Waals surface area contributed by atoms with E-state index in [9.17, 15) is 19.5 Å². The lowest BCUT2D eigenvalue weighted by atomic mass is 9.95. The van der Waals surface area contributed by atoms with Crippen LogP contribution < -0.4 is 5.32 Å². The minimum Gasteiger partial charge on any atom is -0.460 e. The summed E-state index contributed by atoms with van der Waals surface area (Å²) in [4.78, 5) is 34.8. The van der Waals surface area contributed by atoms with Crippen LogP contribution in [-0.2, 0) is 33.3 Å². The number of amides is 1. The van der Waals surface area contributed by atoms with Gasteiger partial charge in [0.25, 0.3) is 6.29 Å². The number of unbranched alkanes of at least 4 members (excludes halogenated alkanes) is 5. The molecular formula is C20H33NO8. The van der Waals surface area contributed by atoms with Crippen molar-refractivity contribution in [2.24, 2.45) is 0 Å². The molecule has 0 aromatic rings. The molecule has 2 N–H and O–H groups in total. The molecule has 0 radical (unpaired) electrons. The minimum atomic E-state index is -2.28. The Hall–Kier alpha value is -2.13. The second-order valence-electron chi connectivity index (χ2n) is 7.12. The predicted molar refractivity (Wildman–Crippen MR) is 103 cm³/mol. The maximum Gasteiger partial charge on any atom is 0.303 e. The van der Waals surface area contributed by atoms with Gasteiger partial charge in [-0.05, 0) is 6.42 Å². The number of hydrogen-bond acceptors (Lipinski definition) is 8. The summed E-state index contributed by atoms with van der Waals surface area (Å²) >= 11 is 0. The third kappa shape index (κ3) is 7.66. The van der Waals surface area contributed by atoms with E-state index in [1.807, 2.05) is 0 Å². The van der Waals surface area contributed by atoms with Crippen LogP contribution in [0.1, 0.15) is 66.2 Å². The third-order valence-electron chi connectivity index (χ3n) is 4.37. The molecule has 0 bridgehead atoms. The Morgan fingerprint density at radius 3 is 2.21 bits per heavy atom. The van der Waals surface area contributed by atoms with E-state index in [-0.39, 0.29) is 12.4 Å². The molecule has 0 aromatic carbocycles. The van der Waals surface area contributed by atoms with Crippen LogP contribution in [0.15, 0.2) is 12.3 Å². The molecule has 166 valence electrons. The quantitative estimate of drug-likeness (QED) is 0.298. The molecule has 1 amide bonds. The average molecular weight is 415 g/mol. The molecule has 9 heteroatoms. The predicted octanol–water partition coefficient (Wildman–Crippen LogP) is 1.92. The summed E-state index contributed by atoms with van der Waals surface area (Å²) in [5, 5.41) is 13.5. The zero-order chi connectivity index (χ0) is 22.0. The summed E-state index contributed by atoms with van der Waals surface area (Å²) < 4.78 is 21.5.